The number of Topliss-reactive ketones (excluding diaryl/α,β-unsaturated/α-hetero) is 2. The van der Waals surface area contributed by atoms with Gasteiger partial charge in [0.1, 0.15) is 5.69 Å². The Balaban J connectivity index is 1.64. The number of carbonyl (C=O) groups excluding carboxylic acids is 2. The fourth-order valence-corrected chi connectivity index (χ4v) is 4.49. The number of fused-ring (bicyclic) bond motifs is 1. The summed E-state index contributed by atoms with van der Waals surface area (Å²) < 4.78 is 0. The first-order valence-corrected chi connectivity index (χ1v) is 9.08. The van der Waals surface area contributed by atoms with E-state index in [0.717, 1.165) is 11.5 Å². The SMILES string of the molecule is O=C(CCC(=O)c1ccccn1)c1ccc2c(c1)SCCS2. The van der Waals surface area contributed by atoms with Gasteiger partial charge in [-0.1, -0.05) is 12.1 Å². The van der Waals surface area contributed by atoms with Crippen molar-refractivity contribution < 1.29 is 9.59 Å². The average molecular weight is 329 g/mol. The van der Waals surface area contributed by atoms with Gasteiger partial charge < -0.3 is 0 Å². The lowest BCUT2D eigenvalue weighted by Gasteiger charge is -2.15. The zero-order chi connectivity index (χ0) is 15.4. The van der Waals surface area contributed by atoms with Gasteiger partial charge in [-0.25, -0.2) is 0 Å². The lowest BCUT2D eigenvalue weighted by molar-refractivity contribution is 0.0915. The monoisotopic (exact) mass is 329 g/mol. The first-order valence-electron chi connectivity index (χ1n) is 7.11. The summed E-state index contributed by atoms with van der Waals surface area (Å²) in [5.41, 5.74) is 1.12. The van der Waals surface area contributed by atoms with Crippen molar-refractivity contribution >= 4 is 35.1 Å². The summed E-state index contributed by atoms with van der Waals surface area (Å²) in [4.78, 5) is 30.7. The van der Waals surface area contributed by atoms with Crippen molar-refractivity contribution in [1.82, 2.24) is 4.98 Å². The zero-order valence-electron chi connectivity index (χ0n) is 12.0. The van der Waals surface area contributed by atoms with E-state index in [4.69, 9.17) is 0 Å². The van der Waals surface area contributed by atoms with E-state index in [1.165, 1.54) is 9.79 Å². The molecule has 0 atom stereocenters. The summed E-state index contributed by atoms with van der Waals surface area (Å²) in [6.07, 6.45) is 2.02. The van der Waals surface area contributed by atoms with Crippen LogP contribution in [0.3, 0.4) is 0 Å². The maximum Gasteiger partial charge on any atom is 0.181 e. The van der Waals surface area contributed by atoms with Crippen LogP contribution < -0.4 is 0 Å². The topological polar surface area (TPSA) is 47.0 Å². The Bertz CT molecular complexity index is 701. The molecule has 1 aromatic heterocycles. The molecule has 0 unspecified atom stereocenters. The highest BCUT2D eigenvalue weighted by Crippen LogP contribution is 2.37. The van der Waals surface area contributed by atoms with Crippen LogP contribution in [-0.4, -0.2) is 28.1 Å². The molecule has 0 N–H and O–H groups in total. The maximum absolute atomic E-state index is 12.3. The van der Waals surface area contributed by atoms with Crippen molar-refractivity contribution in [2.45, 2.75) is 22.6 Å². The summed E-state index contributed by atoms with van der Waals surface area (Å²) in [6.45, 7) is 0. The van der Waals surface area contributed by atoms with Crippen LogP contribution in [0, 0.1) is 0 Å². The number of nitrogens with zero attached hydrogens (tertiary/aromatic N) is 1. The van der Waals surface area contributed by atoms with E-state index < -0.39 is 0 Å². The highest BCUT2D eigenvalue weighted by atomic mass is 32.2. The van der Waals surface area contributed by atoms with Gasteiger partial charge in [0, 0.05) is 45.9 Å². The molecule has 0 aliphatic carbocycles. The van der Waals surface area contributed by atoms with E-state index >= 15 is 0 Å². The number of hydrogen-bond donors (Lipinski definition) is 0. The van der Waals surface area contributed by atoms with Crippen molar-refractivity contribution in [3.63, 3.8) is 0 Å². The molecule has 1 aromatic carbocycles. The van der Waals surface area contributed by atoms with Crippen LogP contribution in [0.4, 0.5) is 0 Å². The number of benzene rings is 1. The molecule has 0 spiro atoms. The minimum absolute atomic E-state index is 0.0169. The molecule has 3 nitrogen and oxygen atoms in total. The van der Waals surface area contributed by atoms with E-state index in [1.807, 2.05) is 30.0 Å². The van der Waals surface area contributed by atoms with Crippen LogP contribution >= 0.6 is 23.5 Å². The van der Waals surface area contributed by atoms with Crippen LogP contribution in [0.1, 0.15) is 33.7 Å². The molecule has 0 amide bonds. The number of carbonyl (C=O) groups is 2. The normalized spacial score (nSPS) is 13.5. The van der Waals surface area contributed by atoms with Gasteiger partial charge in [-0.2, -0.15) is 0 Å². The number of aromatic nitrogens is 1. The van der Waals surface area contributed by atoms with Crippen LogP contribution in [0.15, 0.2) is 52.4 Å². The summed E-state index contributed by atoms with van der Waals surface area (Å²) >= 11 is 3.62. The van der Waals surface area contributed by atoms with Gasteiger partial charge in [0.25, 0.3) is 0 Å². The molecule has 2 aromatic rings. The Hall–Kier alpha value is -1.59. The lowest BCUT2D eigenvalue weighted by Crippen LogP contribution is -2.07. The molecule has 0 saturated heterocycles. The van der Waals surface area contributed by atoms with Crippen molar-refractivity contribution in [3.05, 3.63) is 53.9 Å². The second kappa shape index (κ2) is 7.11. The maximum atomic E-state index is 12.3. The highest BCUT2D eigenvalue weighted by Gasteiger charge is 2.15. The van der Waals surface area contributed by atoms with Gasteiger partial charge in [0.2, 0.25) is 0 Å². The smallest absolute Gasteiger partial charge is 0.181 e. The van der Waals surface area contributed by atoms with Crippen LogP contribution in [0.5, 0.6) is 0 Å². The van der Waals surface area contributed by atoms with Gasteiger partial charge >= 0.3 is 0 Å². The molecule has 1 aliphatic heterocycles. The molecule has 5 heteroatoms. The summed E-state index contributed by atoms with van der Waals surface area (Å²) in [6, 6.07) is 11.1. The molecule has 0 fully saturated rings. The Labute approximate surface area is 137 Å². The van der Waals surface area contributed by atoms with Gasteiger partial charge in [0.05, 0.1) is 0 Å². The van der Waals surface area contributed by atoms with Gasteiger partial charge in [-0.05, 0) is 24.3 Å². The third-order valence-electron chi connectivity index (χ3n) is 3.39. The molecule has 0 radical (unpaired) electrons. The quantitative estimate of drug-likeness (QED) is 0.772. The Morgan fingerprint density at radius 1 is 0.955 bits per heavy atom. The standard InChI is InChI=1S/C17H15NO2S2/c19-14(5-6-15(20)13-3-1-2-8-18-13)12-4-7-16-17(11-12)22-10-9-21-16/h1-4,7-8,11H,5-6,9-10H2. The molecule has 22 heavy (non-hydrogen) atoms. The van der Waals surface area contributed by atoms with Crippen LogP contribution in [0.2, 0.25) is 0 Å². The number of hydrogen-bond acceptors (Lipinski definition) is 5. The van der Waals surface area contributed by atoms with Crippen molar-refractivity contribution in [2.75, 3.05) is 11.5 Å². The second-order valence-corrected chi connectivity index (χ2v) is 7.19. The molecule has 2 heterocycles. The van der Waals surface area contributed by atoms with Gasteiger partial charge in [0.15, 0.2) is 11.6 Å². The van der Waals surface area contributed by atoms with Crippen LogP contribution in [0.25, 0.3) is 0 Å². The predicted octanol–water partition coefficient (Wildman–Crippen LogP) is 4.13. The van der Waals surface area contributed by atoms with Crippen LogP contribution in [-0.2, 0) is 0 Å². The number of thioether (sulfide) groups is 2. The molecule has 0 bridgehead atoms. The molecule has 0 saturated carbocycles. The Kier molecular flexibility index (Phi) is 4.95. The first-order chi connectivity index (χ1) is 10.7. The van der Waals surface area contributed by atoms with Gasteiger partial charge in [-0.15, -0.1) is 23.5 Å². The van der Waals surface area contributed by atoms with Crippen molar-refractivity contribution in [1.29, 1.82) is 0 Å². The molecule has 1 aliphatic rings. The first kappa shape index (κ1) is 15.3. The van der Waals surface area contributed by atoms with E-state index in [2.05, 4.69) is 4.98 Å². The minimum Gasteiger partial charge on any atom is -0.294 e. The highest BCUT2D eigenvalue weighted by molar-refractivity contribution is 8.05. The Morgan fingerprint density at radius 3 is 2.50 bits per heavy atom. The molecule has 3 rings (SSSR count). The Morgan fingerprint density at radius 2 is 1.73 bits per heavy atom. The fourth-order valence-electron chi connectivity index (χ4n) is 2.24. The number of ketones is 2. The largest absolute Gasteiger partial charge is 0.294 e. The average Bonchev–Trinajstić information content (AvgIpc) is 2.59. The number of rotatable bonds is 5. The third-order valence-corrected chi connectivity index (χ3v) is 5.91. The van der Waals surface area contributed by atoms with E-state index in [1.54, 1.807) is 36.2 Å². The van der Waals surface area contributed by atoms with E-state index in [0.29, 0.717) is 11.3 Å². The van der Waals surface area contributed by atoms with Crippen molar-refractivity contribution in [3.8, 4) is 0 Å². The summed E-state index contributed by atoms with van der Waals surface area (Å²) in [5.74, 6) is 2.12. The van der Waals surface area contributed by atoms with E-state index in [-0.39, 0.29) is 24.4 Å². The third kappa shape index (κ3) is 3.59. The summed E-state index contributed by atoms with van der Waals surface area (Å²) in [5, 5.41) is 0. The minimum atomic E-state index is -0.0863. The summed E-state index contributed by atoms with van der Waals surface area (Å²) in [7, 11) is 0. The lowest BCUT2D eigenvalue weighted by atomic mass is 10.0. The fraction of sp³-hybridized carbons (Fsp3) is 0.235. The molecular formula is C17H15NO2S2. The van der Waals surface area contributed by atoms with Gasteiger partial charge in [-0.3, -0.25) is 14.6 Å². The zero-order valence-corrected chi connectivity index (χ0v) is 13.6. The number of pyridine rings is 1. The van der Waals surface area contributed by atoms with E-state index in [9.17, 15) is 9.59 Å². The predicted molar refractivity (Wildman–Crippen MR) is 90.0 cm³/mol. The molecular weight excluding hydrogens is 314 g/mol. The van der Waals surface area contributed by atoms with Crippen molar-refractivity contribution in [2.24, 2.45) is 0 Å². The molecule has 112 valence electrons. The second-order valence-electron chi connectivity index (χ2n) is 4.92.